The van der Waals surface area contributed by atoms with Crippen LogP contribution < -0.4 is 0 Å². The van der Waals surface area contributed by atoms with Crippen molar-refractivity contribution in [3.63, 3.8) is 0 Å². The van der Waals surface area contributed by atoms with Crippen LogP contribution in [0, 0.1) is 13.0 Å². The largest absolute Gasteiger partial charge is 0.372 e. The van der Waals surface area contributed by atoms with Crippen molar-refractivity contribution in [2.24, 2.45) is 0 Å². The summed E-state index contributed by atoms with van der Waals surface area (Å²) in [5, 5.41) is 0.496. The van der Waals surface area contributed by atoms with Crippen LogP contribution >= 0.6 is 11.6 Å². The van der Waals surface area contributed by atoms with Crippen molar-refractivity contribution >= 4 is 11.6 Å². The third kappa shape index (κ3) is 3.29. The van der Waals surface area contributed by atoms with Gasteiger partial charge >= 0.3 is 0 Å². The van der Waals surface area contributed by atoms with Crippen LogP contribution in [0.25, 0.3) is 0 Å². The summed E-state index contributed by atoms with van der Waals surface area (Å²) in [5.41, 5.74) is 1.01. The number of hydrogen-bond donors (Lipinski definition) is 0. The molecule has 0 N–H and O–H groups in total. The Kier molecular flexibility index (Phi) is 4.64. The van der Waals surface area contributed by atoms with Gasteiger partial charge in [-0.25, -0.2) is 0 Å². The van der Waals surface area contributed by atoms with Crippen LogP contribution in [0.15, 0.2) is 12.3 Å². The van der Waals surface area contributed by atoms with Gasteiger partial charge in [-0.15, -0.1) is 23.2 Å². The van der Waals surface area contributed by atoms with Gasteiger partial charge in [0.1, 0.15) is 0 Å². The van der Waals surface area contributed by atoms with Gasteiger partial charge in [0, 0.05) is 37.9 Å². The van der Waals surface area contributed by atoms with Crippen LogP contribution in [-0.2, 0) is 32.7 Å². The molecule has 0 fully saturated rings. The molecule has 1 aromatic rings. The Hall–Kier alpha value is 0.544. The smallest absolute Gasteiger partial charge is 0.0142 e. The number of nitrogens with zero attached hydrogens (tertiary/aromatic N) is 1. The van der Waals surface area contributed by atoms with Crippen molar-refractivity contribution in [1.29, 1.82) is 0 Å². The predicted octanol–water partition coefficient (Wildman–Crippen LogP) is 1.84. The molecule has 0 saturated carbocycles. The summed E-state index contributed by atoms with van der Waals surface area (Å²) in [6.45, 7) is 1.92. The van der Waals surface area contributed by atoms with Crippen LogP contribution in [0.3, 0.4) is 0 Å². The molecule has 0 saturated heterocycles. The van der Waals surface area contributed by atoms with Crippen LogP contribution in [0.4, 0.5) is 0 Å². The second kappa shape index (κ2) is 4.37. The van der Waals surface area contributed by atoms with E-state index in [1.165, 1.54) is 0 Å². The SMILES string of the molecule is Cc1[c-]cc(Cl)nc1.[Y]. The zero-order valence-electron chi connectivity index (χ0n) is 5.06. The quantitative estimate of drug-likeness (QED) is 0.475. The fraction of sp³-hybridized carbons (Fsp3) is 0.167. The van der Waals surface area contributed by atoms with E-state index in [1.807, 2.05) is 6.92 Å². The van der Waals surface area contributed by atoms with E-state index in [0.717, 1.165) is 5.56 Å². The van der Waals surface area contributed by atoms with Gasteiger partial charge in [0.2, 0.25) is 0 Å². The number of halogens is 1. The monoisotopic (exact) mass is 215 g/mol. The summed E-state index contributed by atoms with van der Waals surface area (Å²) in [5.74, 6) is 0. The molecule has 0 aliphatic carbocycles. The van der Waals surface area contributed by atoms with E-state index >= 15 is 0 Å². The molecule has 1 aromatic heterocycles. The number of pyridine rings is 1. The van der Waals surface area contributed by atoms with Crippen molar-refractivity contribution < 1.29 is 32.7 Å². The van der Waals surface area contributed by atoms with E-state index in [1.54, 1.807) is 12.3 Å². The predicted molar refractivity (Wildman–Crippen MR) is 32.8 cm³/mol. The minimum absolute atomic E-state index is 0. The van der Waals surface area contributed by atoms with Gasteiger partial charge in [-0.3, -0.25) is 0 Å². The molecule has 0 aromatic carbocycles. The first-order chi connectivity index (χ1) is 3.79. The number of rotatable bonds is 0. The fourth-order valence-corrected chi connectivity index (χ4v) is 0.510. The molecular weight excluding hydrogens is 210 g/mol. The van der Waals surface area contributed by atoms with Gasteiger partial charge in [-0.05, 0) is 0 Å². The van der Waals surface area contributed by atoms with E-state index in [-0.39, 0.29) is 32.7 Å². The summed E-state index contributed by atoms with van der Waals surface area (Å²) in [6, 6.07) is 4.55. The van der Waals surface area contributed by atoms with Crippen molar-refractivity contribution in [1.82, 2.24) is 4.98 Å². The first-order valence-corrected chi connectivity index (χ1v) is 2.66. The summed E-state index contributed by atoms with van der Waals surface area (Å²) >= 11 is 5.47. The average molecular weight is 215 g/mol. The second-order valence-corrected chi connectivity index (χ2v) is 1.94. The van der Waals surface area contributed by atoms with E-state index < -0.39 is 0 Å². The molecule has 0 aliphatic rings. The minimum Gasteiger partial charge on any atom is -0.372 e. The molecule has 0 spiro atoms. The molecule has 0 bridgehead atoms. The number of aryl methyl sites for hydroxylation is 1. The van der Waals surface area contributed by atoms with E-state index in [0.29, 0.717) is 5.15 Å². The zero-order valence-corrected chi connectivity index (χ0v) is 8.65. The molecule has 0 aliphatic heterocycles. The molecule has 3 heteroatoms. The number of hydrogen-bond acceptors (Lipinski definition) is 1. The second-order valence-electron chi connectivity index (χ2n) is 1.55. The van der Waals surface area contributed by atoms with E-state index in [9.17, 15) is 0 Å². The van der Waals surface area contributed by atoms with Crippen LogP contribution in [0.1, 0.15) is 5.56 Å². The van der Waals surface area contributed by atoms with Gasteiger partial charge in [-0.1, -0.05) is 13.1 Å². The van der Waals surface area contributed by atoms with Gasteiger partial charge in [0.25, 0.3) is 0 Å². The van der Waals surface area contributed by atoms with Crippen LogP contribution in [0.5, 0.6) is 0 Å². The van der Waals surface area contributed by atoms with E-state index in [4.69, 9.17) is 11.6 Å². The Balaban J connectivity index is 0.000000640. The third-order valence-electron chi connectivity index (χ3n) is 0.800. The molecule has 9 heavy (non-hydrogen) atoms. The molecule has 1 radical (unpaired) electrons. The van der Waals surface area contributed by atoms with Gasteiger partial charge in [0.15, 0.2) is 0 Å². The Bertz CT molecular complexity index is 152. The maximum atomic E-state index is 5.47. The average Bonchev–Trinajstić information content (AvgIpc) is 1.77. The Morgan fingerprint density at radius 2 is 2.33 bits per heavy atom. The topological polar surface area (TPSA) is 12.9 Å². The Morgan fingerprint density at radius 1 is 1.67 bits per heavy atom. The summed E-state index contributed by atoms with van der Waals surface area (Å²) in [4.78, 5) is 3.81. The molecule has 1 rings (SSSR count). The minimum atomic E-state index is 0. The molecule has 1 nitrogen and oxygen atoms in total. The van der Waals surface area contributed by atoms with Crippen LogP contribution in [-0.4, -0.2) is 4.98 Å². The molecule has 1 heterocycles. The van der Waals surface area contributed by atoms with E-state index in [2.05, 4.69) is 11.1 Å². The van der Waals surface area contributed by atoms with Gasteiger partial charge in [-0.2, -0.15) is 6.07 Å². The Labute approximate surface area is 84.7 Å². The number of aromatic nitrogens is 1. The van der Waals surface area contributed by atoms with Gasteiger partial charge < -0.3 is 4.98 Å². The zero-order chi connectivity index (χ0) is 5.98. The molecule has 45 valence electrons. The maximum Gasteiger partial charge on any atom is 0.0142 e. The molecule has 0 unspecified atom stereocenters. The molecule has 0 atom stereocenters. The van der Waals surface area contributed by atoms with Crippen molar-refractivity contribution in [2.45, 2.75) is 6.92 Å². The summed E-state index contributed by atoms with van der Waals surface area (Å²) < 4.78 is 0. The maximum absolute atomic E-state index is 5.47. The fourth-order valence-electron chi connectivity index (χ4n) is 0.406. The van der Waals surface area contributed by atoms with Crippen molar-refractivity contribution in [3.05, 3.63) is 29.0 Å². The third-order valence-corrected chi connectivity index (χ3v) is 1.01. The first-order valence-electron chi connectivity index (χ1n) is 2.29. The summed E-state index contributed by atoms with van der Waals surface area (Å²) in [7, 11) is 0. The first kappa shape index (κ1) is 9.54. The van der Waals surface area contributed by atoms with Crippen LogP contribution in [0.2, 0.25) is 5.15 Å². The summed E-state index contributed by atoms with van der Waals surface area (Å²) in [6.07, 6.45) is 1.68. The molecular formula is C6H5ClNY-. The van der Waals surface area contributed by atoms with Crippen molar-refractivity contribution in [3.8, 4) is 0 Å². The standard InChI is InChI=1S/C6H5ClN.Y/c1-5-2-3-6(7)8-4-5;/h3-4H,1H3;/q-1;. The molecule has 0 amide bonds. The van der Waals surface area contributed by atoms with Gasteiger partial charge in [0.05, 0.1) is 0 Å². The van der Waals surface area contributed by atoms with Crippen molar-refractivity contribution in [2.75, 3.05) is 0 Å². The Morgan fingerprint density at radius 3 is 2.67 bits per heavy atom. The normalized spacial score (nSPS) is 8.22.